The van der Waals surface area contributed by atoms with Crippen molar-refractivity contribution < 1.29 is 49.3 Å². The van der Waals surface area contributed by atoms with Gasteiger partial charge in [-0.05, 0) is 193 Å². The monoisotopic (exact) mass is 991 g/mol. The van der Waals surface area contributed by atoms with Gasteiger partial charge in [-0.15, -0.1) is 23.2 Å². The molecule has 2 aliphatic heterocycles. The number of ether oxygens (including phenoxy) is 3. The van der Waals surface area contributed by atoms with Gasteiger partial charge in [0.1, 0.15) is 0 Å². The second-order valence-corrected chi connectivity index (χ2v) is 28.8. The first-order chi connectivity index (χ1) is 31.7. The number of carbonyl (C=O) groups excluding carboxylic acids is 1. The van der Waals surface area contributed by atoms with Crippen molar-refractivity contribution >= 4 is 35.1 Å². The quantitative estimate of drug-likeness (QED) is 0.133. The zero-order valence-electron chi connectivity index (χ0n) is 43.3. The van der Waals surface area contributed by atoms with Gasteiger partial charge in [0, 0.05) is 10.8 Å². The van der Waals surface area contributed by atoms with Crippen LogP contribution >= 0.6 is 23.2 Å². The van der Waals surface area contributed by atoms with Gasteiger partial charge in [-0.1, -0.05) is 69.2 Å². The van der Waals surface area contributed by atoms with Crippen molar-refractivity contribution in [3.63, 3.8) is 0 Å². The third kappa shape index (κ3) is 5.93. The van der Waals surface area contributed by atoms with Crippen LogP contribution in [0.25, 0.3) is 0 Å². The fourth-order valence-corrected chi connectivity index (χ4v) is 23.0. The molecule has 12 fully saturated rings. The predicted octanol–water partition coefficient (Wildman–Crippen LogP) is 10.0. The smallest absolute Gasteiger partial charge is 0.334 e. The van der Waals surface area contributed by atoms with E-state index >= 15 is 0 Å². The number of rotatable bonds is 2. The van der Waals surface area contributed by atoms with Crippen LogP contribution in [0.3, 0.4) is 0 Å². The second-order valence-electron chi connectivity index (χ2n) is 28.0. The van der Waals surface area contributed by atoms with Gasteiger partial charge in [-0.3, -0.25) is 0 Å². The van der Waals surface area contributed by atoms with E-state index in [0.29, 0.717) is 58.7 Å². The molecule has 0 amide bonds. The molecule has 10 unspecified atom stereocenters. The third-order valence-corrected chi connectivity index (χ3v) is 26.3. The first-order valence-electron chi connectivity index (χ1n) is 27.1. The third-order valence-electron chi connectivity index (χ3n) is 26.3. The number of carboxylic acid groups (broad SMARTS) is 1. The molecule has 12 heteroatoms. The Morgan fingerprint density at radius 1 is 0.559 bits per heavy atom. The van der Waals surface area contributed by atoms with Crippen LogP contribution in [-0.2, 0) is 23.8 Å². The molecule has 10 aliphatic carbocycles. The molecule has 386 valence electrons. The van der Waals surface area contributed by atoms with E-state index in [9.17, 15) is 35.1 Å². The van der Waals surface area contributed by atoms with Crippen molar-refractivity contribution in [1.82, 2.24) is 0 Å². The Morgan fingerprint density at radius 3 is 1.29 bits per heavy atom. The summed E-state index contributed by atoms with van der Waals surface area (Å²) in [6.07, 6.45) is 13.5. The summed E-state index contributed by atoms with van der Waals surface area (Å²) in [5, 5.41) is 55.5. The van der Waals surface area contributed by atoms with Crippen LogP contribution in [0.5, 0.6) is 0 Å². The van der Waals surface area contributed by atoms with Gasteiger partial charge in [-0.25, -0.2) is 9.59 Å². The molecular weight excluding hydrogens is 904 g/mol. The molecule has 0 radical (unpaired) electrons. The van der Waals surface area contributed by atoms with E-state index in [1.165, 1.54) is 32.8 Å². The minimum atomic E-state index is -0.895. The van der Waals surface area contributed by atoms with E-state index in [4.69, 9.17) is 37.4 Å². The Labute approximate surface area is 417 Å². The highest BCUT2D eigenvalue weighted by Crippen LogP contribution is 2.91. The number of aliphatic hydroxyl groups is 4. The Morgan fingerprint density at radius 2 is 0.912 bits per heavy atom. The van der Waals surface area contributed by atoms with Crippen molar-refractivity contribution in [2.75, 3.05) is 12.4 Å². The predicted molar refractivity (Wildman–Crippen MR) is 260 cm³/mol. The molecule has 10 saturated carbocycles. The zero-order valence-corrected chi connectivity index (χ0v) is 44.8. The number of aliphatic hydroxyl groups excluding tert-OH is 4. The number of esters is 1. The average molecular weight is 992 g/mol. The Kier molecular flexibility index (Phi) is 11.9. The molecule has 10 nitrogen and oxygen atoms in total. The number of methoxy groups -OCH3 is 1. The maximum absolute atomic E-state index is 12.4. The molecule has 4 spiro atoms. The first-order valence-corrected chi connectivity index (χ1v) is 28.2. The summed E-state index contributed by atoms with van der Waals surface area (Å²) in [5.74, 6) is 1.92. The van der Waals surface area contributed by atoms with Crippen molar-refractivity contribution in [1.29, 1.82) is 0 Å². The van der Waals surface area contributed by atoms with Gasteiger partial charge in [0.05, 0.1) is 49.1 Å². The Balaban J connectivity index is 0.000000150. The fraction of sp³-hybridized carbons (Fsp3) is 0.964. The topological polar surface area (TPSA) is 163 Å². The summed E-state index contributed by atoms with van der Waals surface area (Å²) in [4.78, 5) is 24.1. The highest BCUT2D eigenvalue weighted by molar-refractivity contribution is 6.40. The molecule has 12 rings (SSSR count). The molecule has 2 saturated heterocycles. The summed E-state index contributed by atoms with van der Waals surface area (Å²) < 4.78 is 17.6. The number of carbonyl (C=O) groups is 2. The number of fused-ring (bicyclic) bond motifs is 8. The van der Waals surface area contributed by atoms with Gasteiger partial charge in [0.2, 0.25) is 0 Å². The normalized spacial score (nSPS) is 58.8. The Bertz CT molecular complexity index is 2030. The van der Waals surface area contributed by atoms with Crippen LogP contribution in [0.15, 0.2) is 0 Å². The van der Waals surface area contributed by atoms with Crippen LogP contribution in [0, 0.1) is 101 Å². The lowest BCUT2D eigenvalue weighted by Gasteiger charge is -2.63. The summed E-state index contributed by atoms with van der Waals surface area (Å²) in [6, 6.07) is 0. The lowest BCUT2D eigenvalue weighted by atomic mass is 9.41. The van der Waals surface area contributed by atoms with Crippen molar-refractivity contribution in [3.8, 4) is 0 Å². The van der Waals surface area contributed by atoms with Crippen LogP contribution in [-0.4, -0.2) is 98.8 Å². The fourth-order valence-electron chi connectivity index (χ4n) is 23.0. The van der Waals surface area contributed by atoms with E-state index in [0.717, 1.165) is 64.2 Å². The highest BCUT2D eigenvalue weighted by atomic mass is 35.5. The lowest BCUT2D eigenvalue weighted by molar-refractivity contribution is -0.184. The first kappa shape index (κ1) is 50.8. The van der Waals surface area contributed by atoms with Gasteiger partial charge in [-0.2, -0.15) is 0 Å². The number of alkyl halides is 2. The van der Waals surface area contributed by atoms with E-state index in [-0.39, 0.29) is 91.4 Å². The van der Waals surface area contributed by atoms with Gasteiger partial charge in [0.15, 0.2) is 12.2 Å². The van der Waals surface area contributed by atoms with Crippen LogP contribution in [0.4, 0.5) is 0 Å². The molecule has 68 heavy (non-hydrogen) atoms. The average Bonchev–Trinajstić information content (AvgIpc) is 4.13. The van der Waals surface area contributed by atoms with Gasteiger partial charge >= 0.3 is 11.9 Å². The second kappa shape index (κ2) is 15.9. The maximum Gasteiger partial charge on any atom is 0.334 e. The molecule has 0 aromatic rings. The molecule has 0 bridgehead atoms. The zero-order chi connectivity index (χ0) is 49.5. The standard InChI is InChI=1S/C28H44O5.C27H42O5.CH2Cl2/c1-15-13-16(23(31)32-6)33-21-20(15)25(4)11-12-28-14-27(28)10-9-19(29)24(2,3)17(27)7-8-18(28)26(25,5)22(21)30;1-14-12-15(22(30)31)32-20-19(14)24(4)10-11-27-13-26(27)9-8-18(28)23(2,3)16(26)6-7-17(27)25(24,5)21(20)29;2-1-3/h15-22,29-30H,7-14H2,1-6H3;14-21,28-29H,6-13H2,1-5H3,(H,30,31);1H2/t15-,16?,17+,18+,19?,20?,21?,22+,25-,26-,27-,28?;14-,15?,16+,17+,18?,19?,20?,21+,24-,25-,26-,27?;/m11./s1. The molecule has 5 N–H and O–H groups in total. The van der Waals surface area contributed by atoms with E-state index in [1.54, 1.807) is 0 Å². The summed E-state index contributed by atoms with van der Waals surface area (Å²) in [5.41, 5.74) is 0.705. The highest BCUT2D eigenvalue weighted by Gasteiger charge is 2.86. The maximum atomic E-state index is 12.4. The minimum Gasteiger partial charge on any atom is -0.479 e. The molecular formula is C56H88Cl2O10. The molecule has 0 aromatic carbocycles. The Hall–Kier alpha value is -0.720. The number of hydrogen-bond acceptors (Lipinski definition) is 9. The molecule has 0 aromatic heterocycles. The van der Waals surface area contributed by atoms with Gasteiger partial charge in [0.25, 0.3) is 0 Å². The molecule has 24 atom stereocenters. The number of halogens is 2. The van der Waals surface area contributed by atoms with E-state index in [1.807, 2.05) is 0 Å². The summed E-state index contributed by atoms with van der Waals surface area (Å²) in [7, 11) is 1.42. The molecule has 12 aliphatic rings. The van der Waals surface area contributed by atoms with Crippen molar-refractivity contribution in [3.05, 3.63) is 0 Å². The number of hydrogen-bond donors (Lipinski definition) is 5. The summed E-state index contributed by atoms with van der Waals surface area (Å²) in [6.45, 7) is 23.1. The minimum absolute atomic E-state index is 0.00776. The van der Waals surface area contributed by atoms with Crippen molar-refractivity contribution in [2.45, 2.75) is 221 Å². The lowest BCUT2D eigenvalue weighted by Crippen LogP contribution is -2.59. The van der Waals surface area contributed by atoms with E-state index < -0.39 is 30.4 Å². The van der Waals surface area contributed by atoms with Crippen molar-refractivity contribution in [2.24, 2.45) is 101 Å². The summed E-state index contributed by atoms with van der Waals surface area (Å²) >= 11 is 9.53. The van der Waals surface area contributed by atoms with Gasteiger partial charge < -0.3 is 39.7 Å². The largest absolute Gasteiger partial charge is 0.479 e. The van der Waals surface area contributed by atoms with Crippen LogP contribution < -0.4 is 0 Å². The number of carboxylic acids is 1. The molecule has 2 heterocycles. The van der Waals surface area contributed by atoms with E-state index in [2.05, 4.69) is 69.2 Å². The SMILES string of the molecule is COC(=O)C1C[C@@H](C)C2C(O1)[C@H](O)[C@@]1(C)[C@@H]3CC[C@H]4C(C)(C)C(O)CC[C@@]45CC35CC[C@]21C.C[C@@H]1CC(C(=O)O)OC2C1[C@@]1(C)CCC34C[C@@]35CCC(O)C(C)(C)[C@@H]5CC[C@H]4[C@]1(C)[C@H]2O.ClCCl. The number of aliphatic carboxylic acids is 1. The van der Waals surface area contributed by atoms with Crippen LogP contribution in [0.2, 0.25) is 0 Å². The van der Waals surface area contributed by atoms with Crippen LogP contribution in [0.1, 0.15) is 172 Å².